The van der Waals surface area contributed by atoms with Crippen molar-refractivity contribution in [2.24, 2.45) is 0 Å². The number of anilines is 1. The molecule has 1 aliphatic carbocycles. The van der Waals surface area contributed by atoms with E-state index in [0.29, 0.717) is 41.7 Å². The average Bonchev–Trinajstić information content (AvgIpc) is 3.19. The molecule has 1 aromatic carbocycles. The fourth-order valence-corrected chi connectivity index (χ4v) is 3.71. The molecular formula is C23H20BClN6O. The van der Waals surface area contributed by atoms with Gasteiger partial charge in [-0.3, -0.25) is 4.79 Å². The number of benzene rings is 1. The first-order valence-corrected chi connectivity index (χ1v) is 10.7. The molecule has 9 heteroatoms. The molecule has 2 radical (unpaired) electrons. The average molecular weight is 443 g/mol. The van der Waals surface area contributed by atoms with E-state index in [0.717, 1.165) is 35.0 Å². The largest absolute Gasteiger partial charge is 0.370 e. The summed E-state index contributed by atoms with van der Waals surface area (Å²) in [5.74, 6) is 0.534. The van der Waals surface area contributed by atoms with Crippen molar-refractivity contribution in [2.75, 3.05) is 18.4 Å². The summed E-state index contributed by atoms with van der Waals surface area (Å²) < 4.78 is 1.66. The first-order valence-electron chi connectivity index (χ1n) is 10.3. The van der Waals surface area contributed by atoms with Crippen LogP contribution in [0.5, 0.6) is 0 Å². The highest BCUT2D eigenvalue weighted by Crippen LogP contribution is 2.30. The quantitative estimate of drug-likeness (QED) is 0.433. The maximum atomic E-state index is 12.3. The summed E-state index contributed by atoms with van der Waals surface area (Å²) >= 11 is 6.44. The zero-order chi connectivity index (χ0) is 22.5. The molecule has 0 aliphatic heterocycles. The molecule has 0 atom stereocenters. The normalized spacial score (nSPS) is 13.2. The number of hydrogen-bond donors (Lipinski definition) is 2. The monoisotopic (exact) mass is 442 g/mol. The Bertz CT molecular complexity index is 1270. The number of fused-ring (bicyclic) bond motifs is 1. The molecule has 0 bridgehead atoms. The zero-order valence-electron chi connectivity index (χ0n) is 17.3. The van der Waals surface area contributed by atoms with E-state index >= 15 is 0 Å². The minimum absolute atomic E-state index is 0.207. The van der Waals surface area contributed by atoms with Crippen LogP contribution in [-0.4, -0.2) is 41.4 Å². The second-order valence-electron chi connectivity index (χ2n) is 7.35. The molecule has 0 saturated heterocycles. The number of halogens is 1. The van der Waals surface area contributed by atoms with Crippen LogP contribution >= 0.6 is 11.6 Å². The summed E-state index contributed by atoms with van der Waals surface area (Å²) in [4.78, 5) is 16.9. The van der Waals surface area contributed by atoms with Crippen molar-refractivity contribution in [3.8, 4) is 6.07 Å². The number of rotatable bonds is 7. The van der Waals surface area contributed by atoms with Crippen LogP contribution in [0.2, 0.25) is 0 Å². The molecule has 2 heterocycles. The Kier molecular flexibility index (Phi) is 6.57. The first kappa shape index (κ1) is 21.7. The van der Waals surface area contributed by atoms with Gasteiger partial charge in [0, 0.05) is 41.5 Å². The molecule has 158 valence electrons. The smallest absolute Gasteiger partial charge is 0.251 e. The number of amides is 1. The Balaban J connectivity index is 1.41. The van der Waals surface area contributed by atoms with Crippen molar-refractivity contribution in [2.45, 2.75) is 19.3 Å². The second-order valence-corrected chi connectivity index (χ2v) is 7.81. The maximum absolute atomic E-state index is 12.3. The van der Waals surface area contributed by atoms with Gasteiger partial charge in [-0.05, 0) is 42.9 Å². The molecule has 1 aliphatic rings. The van der Waals surface area contributed by atoms with Gasteiger partial charge in [0.05, 0.1) is 17.3 Å². The lowest BCUT2D eigenvalue weighted by Gasteiger charge is -2.14. The molecule has 2 aromatic heterocycles. The predicted molar refractivity (Wildman–Crippen MR) is 126 cm³/mol. The number of aromatic nitrogens is 3. The third-order valence-electron chi connectivity index (χ3n) is 5.08. The van der Waals surface area contributed by atoms with Crippen molar-refractivity contribution in [1.29, 1.82) is 5.26 Å². The number of nitriles is 1. The molecule has 0 fully saturated rings. The molecule has 0 unspecified atom stereocenters. The van der Waals surface area contributed by atoms with Gasteiger partial charge < -0.3 is 10.6 Å². The van der Waals surface area contributed by atoms with Crippen molar-refractivity contribution in [3.05, 3.63) is 70.5 Å². The molecule has 1 amide bonds. The summed E-state index contributed by atoms with van der Waals surface area (Å²) in [6.07, 6.45) is 8.01. The van der Waals surface area contributed by atoms with E-state index in [1.807, 2.05) is 18.2 Å². The number of nitrogens with one attached hydrogen (secondary N) is 2. The van der Waals surface area contributed by atoms with Crippen molar-refractivity contribution < 1.29 is 4.79 Å². The Labute approximate surface area is 192 Å². The summed E-state index contributed by atoms with van der Waals surface area (Å²) in [6, 6.07) is 10.6. The van der Waals surface area contributed by atoms with Gasteiger partial charge in [-0.15, -0.1) is 0 Å². The van der Waals surface area contributed by atoms with Gasteiger partial charge >= 0.3 is 0 Å². The highest BCUT2D eigenvalue weighted by molar-refractivity contribution is 6.36. The Morgan fingerprint density at radius 2 is 2.19 bits per heavy atom. The van der Waals surface area contributed by atoms with Gasteiger partial charge in [0.25, 0.3) is 5.91 Å². The van der Waals surface area contributed by atoms with Crippen LogP contribution in [0.4, 0.5) is 5.82 Å². The molecule has 0 saturated carbocycles. The SMILES string of the molecule is [B]c1cnn2c(NCCCNC(=O)c3cccc(C#N)c3)cc(C3=C(Cl)CCC=C3)nc12. The van der Waals surface area contributed by atoms with E-state index in [2.05, 4.69) is 26.8 Å². The molecule has 7 nitrogen and oxygen atoms in total. The standard InChI is InChI=1S/C23H20BClN6O/c24-18-14-29-31-21(12-20(30-22(18)31)17-7-1-2-8-19(17)25)27-9-4-10-28-23(32)16-6-3-5-15(11-16)13-26/h1,3,5-7,11-12,14,27H,2,4,8-10H2,(H,28,32). The Morgan fingerprint density at radius 3 is 3.00 bits per heavy atom. The van der Waals surface area contributed by atoms with Gasteiger partial charge in [0.2, 0.25) is 0 Å². The number of nitrogens with zero attached hydrogens (tertiary/aromatic N) is 4. The van der Waals surface area contributed by atoms with Crippen LogP contribution < -0.4 is 16.1 Å². The van der Waals surface area contributed by atoms with Crippen molar-refractivity contribution >= 4 is 47.9 Å². The van der Waals surface area contributed by atoms with Gasteiger partial charge in [0.15, 0.2) is 5.65 Å². The Hall–Kier alpha value is -3.57. The molecule has 2 N–H and O–H groups in total. The third kappa shape index (κ3) is 4.68. The molecule has 0 spiro atoms. The third-order valence-corrected chi connectivity index (χ3v) is 5.47. The minimum Gasteiger partial charge on any atom is -0.370 e. The Morgan fingerprint density at radius 1 is 1.31 bits per heavy atom. The molecular weight excluding hydrogens is 423 g/mol. The molecule has 4 rings (SSSR count). The van der Waals surface area contributed by atoms with Crippen LogP contribution in [0, 0.1) is 11.3 Å². The predicted octanol–water partition coefficient (Wildman–Crippen LogP) is 2.93. The lowest BCUT2D eigenvalue weighted by atomic mass is 10.00. The van der Waals surface area contributed by atoms with E-state index in [4.69, 9.17) is 24.7 Å². The van der Waals surface area contributed by atoms with E-state index in [1.54, 1.807) is 35.0 Å². The number of hydrogen-bond acceptors (Lipinski definition) is 5. The first-order chi connectivity index (χ1) is 15.6. The van der Waals surface area contributed by atoms with E-state index in [9.17, 15) is 4.79 Å². The fraction of sp³-hybridized carbons (Fsp3) is 0.217. The van der Waals surface area contributed by atoms with Crippen LogP contribution in [0.15, 0.2) is 53.7 Å². The molecule has 32 heavy (non-hydrogen) atoms. The second kappa shape index (κ2) is 9.71. The zero-order valence-corrected chi connectivity index (χ0v) is 18.1. The lowest BCUT2D eigenvalue weighted by Crippen LogP contribution is -2.26. The topological polar surface area (TPSA) is 95.1 Å². The van der Waals surface area contributed by atoms with Crippen LogP contribution in [0.25, 0.3) is 11.2 Å². The summed E-state index contributed by atoms with van der Waals surface area (Å²) in [7, 11) is 6.06. The molecule has 3 aromatic rings. The number of carbonyl (C=O) groups is 1. The van der Waals surface area contributed by atoms with E-state index in [1.165, 1.54) is 0 Å². The van der Waals surface area contributed by atoms with Crippen LogP contribution in [-0.2, 0) is 0 Å². The highest BCUT2D eigenvalue weighted by atomic mass is 35.5. The fourth-order valence-electron chi connectivity index (χ4n) is 3.44. The summed E-state index contributed by atoms with van der Waals surface area (Å²) in [5.41, 5.74) is 3.59. The summed E-state index contributed by atoms with van der Waals surface area (Å²) in [6.45, 7) is 1.07. The van der Waals surface area contributed by atoms with Crippen LogP contribution in [0.1, 0.15) is 40.9 Å². The van der Waals surface area contributed by atoms with E-state index < -0.39 is 0 Å². The van der Waals surface area contributed by atoms with E-state index in [-0.39, 0.29) is 5.91 Å². The van der Waals surface area contributed by atoms with Gasteiger partial charge in [-0.25, -0.2) is 4.98 Å². The van der Waals surface area contributed by atoms with Crippen LogP contribution in [0.3, 0.4) is 0 Å². The highest BCUT2D eigenvalue weighted by Gasteiger charge is 2.15. The van der Waals surface area contributed by atoms with Gasteiger partial charge in [0.1, 0.15) is 13.7 Å². The minimum atomic E-state index is -0.207. The van der Waals surface area contributed by atoms with Crippen molar-refractivity contribution in [3.63, 3.8) is 0 Å². The summed E-state index contributed by atoms with van der Waals surface area (Å²) in [5, 5.41) is 20.3. The van der Waals surface area contributed by atoms with Gasteiger partial charge in [-0.1, -0.05) is 29.8 Å². The number of carbonyl (C=O) groups excluding carboxylic acids is 1. The van der Waals surface area contributed by atoms with Crippen molar-refractivity contribution in [1.82, 2.24) is 19.9 Å². The number of allylic oxidation sites excluding steroid dienone is 4. The van der Waals surface area contributed by atoms with Gasteiger partial charge in [-0.2, -0.15) is 14.9 Å². The maximum Gasteiger partial charge on any atom is 0.251 e. The lowest BCUT2D eigenvalue weighted by molar-refractivity contribution is 0.0953.